The lowest BCUT2D eigenvalue weighted by Crippen LogP contribution is -2.18. The molecule has 33 heavy (non-hydrogen) atoms. The highest BCUT2D eigenvalue weighted by atomic mass is 35.5. The van der Waals surface area contributed by atoms with E-state index in [9.17, 15) is 8.42 Å². The highest BCUT2D eigenvalue weighted by molar-refractivity contribution is 7.91. The molecule has 1 N–H and O–H groups in total. The van der Waals surface area contributed by atoms with E-state index in [1.54, 1.807) is 30.5 Å². The number of nitrogens with one attached hydrogen (secondary N) is 1. The van der Waals surface area contributed by atoms with Crippen LogP contribution < -0.4 is 5.32 Å². The maximum Gasteiger partial charge on any atom is 0.178 e. The third-order valence-corrected chi connectivity index (χ3v) is 8.45. The van der Waals surface area contributed by atoms with Crippen LogP contribution in [0.5, 0.6) is 0 Å². The number of hydrogen-bond acceptors (Lipinski definition) is 4. The summed E-state index contributed by atoms with van der Waals surface area (Å²) in [6, 6.07) is 23.0. The van der Waals surface area contributed by atoms with E-state index in [1.807, 2.05) is 24.3 Å². The summed E-state index contributed by atoms with van der Waals surface area (Å²) in [7, 11) is -3.33. The zero-order chi connectivity index (χ0) is 22.8. The lowest BCUT2D eigenvalue weighted by atomic mass is 9.83. The third kappa shape index (κ3) is 4.90. The normalized spacial score (nSPS) is 15.8. The molecular formula is C27H25ClN2O2S. The molecule has 5 rings (SSSR count). The van der Waals surface area contributed by atoms with E-state index in [4.69, 9.17) is 11.6 Å². The number of sulfone groups is 1. The van der Waals surface area contributed by atoms with E-state index >= 15 is 0 Å². The largest absolute Gasteiger partial charge is 0.340 e. The van der Waals surface area contributed by atoms with Crippen molar-refractivity contribution < 1.29 is 8.42 Å². The number of halogens is 1. The van der Waals surface area contributed by atoms with Gasteiger partial charge in [0.2, 0.25) is 0 Å². The van der Waals surface area contributed by atoms with Crippen molar-refractivity contribution in [2.45, 2.75) is 30.6 Å². The van der Waals surface area contributed by atoms with Crippen molar-refractivity contribution in [3.05, 3.63) is 95.1 Å². The van der Waals surface area contributed by atoms with Crippen molar-refractivity contribution in [3.63, 3.8) is 0 Å². The maximum absolute atomic E-state index is 13.0. The quantitative estimate of drug-likeness (QED) is 0.340. The second kappa shape index (κ2) is 9.16. The summed E-state index contributed by atoms with van der Waals surface area (Å²) in [5, 5.41) is 5.86. The number of fused-ring (bicyclic) bond motifs is 2. The van der Waals surface area contributed by atoms with Gasteiger partial charge >= 0.3 is 0 Å². The van der Waals surface area contributed by atoms with Crippen LogP contribution in [0.4, 0.5) is 11.5 Å². The number of nitrogens with zero attached hydrogens (tertiary/aromatic N) is 1. The minimum atomic E-state index is -3.33. The molecule has 0 bridgehead atoms. The Morgan fingerprint density at radius 3 is 2.58 bits per heavy atom. The van der Waals surface area contributed by atoms with Gasteiger partial charge in [-0.25, -0.2) is 13.4 Å². The Morgan fingerprint density at radius 2 is 1.76 bits per heavy atom. The van der Waals surface area contributed by atoms with Gasteiger partial charge in [0.1, 0.15) is 5.82 Å². The lowest BCUT2D eigenvalue weighted by molar-refractivity contribution is 0.443. The van der Waals surface area contributed by atoms with Crippen LogP contribution in [0.25, 0.3) is 10.8 Å². The number of rotatable bonds is 6. The number of pyridine rings is 1. The number of aryl methyl sites for hydroxylation is 1. The molecule has 1 heterocycles. The molecule has 1 unspecified atom stereocenters. The van der Waals surface area contributed by atoms with Gasteiger partial charge in [-0.05, 0) is 90.6 Å². The third-order valence-electron chi connectivity index (χ3n) is 6.45. The summed E-state index contributed by atoms with van der Waals surface area (Å²) >= 11 is 6.15. The second-order valence-corrected chi connectivity index (χ2v) is 11.2. The number of aromatic nitrogens is 1. The van der Waals surface area contributed by atoms with E-state index in [1.165, 1.54) is 11.1 Å². The SMILES string of the molecule is O=S(=O)(CCC1CCc2ccccc2C1)c1ccc(Nc2nccc3ccc(Cl)cc23)cc1. The van der Waals surface area contributed by atoms with Crippen molar-refractivity contribution in [2.75, 3.05) is 11.1 Å². The summed E-state index contributed by atoms with van der Waals surface area (Å²) in [6.07, 6.45) is 5.49. The standard InChI is InChI=1S/C27H25ClN2O2S/c28-23-8-7-21-13-15-29-27(26(21)18-23)30-24-9-11-25(12-10-24)33(31,32)16-14-19-5-6-20-3-1-2-4-22(20)17-19/h1-4,7-13,15,18-19H,5-6,14,16-17H2,(H,29,30). The molecule has 0 saturated heterocycles. The number of benzene rings is 3. The second-order valence-electron chi connectivity index (χ2n) is 8.66. The average Bonchev–Trinajstić information content (AvgIpc) is 2.83. The van der Waals surface area contributed by atoms with Crippen LogP contribution in [0, 0.1) is 5.92 Å². The number of hydrogen-bond donors (Lipinski definition) is 1. The first-order valence-corrected chi connectivity index (χ1v) is 13.2. The molecule has 1 aliphatic rings. The summed E-state index contributed by atoms with van der Waals surface area (Å²) in [5.41, 5.74) is 3.55. The van der Waals surface area contributed by atoms with Crippen molar-refractivity contribution >= 4 is 43.7 Å². The van der Waals surface area contributed by atoms with E-state index in [2.05, 4.69) is 34.6 Å². The summed E-state index contributed by atoms with van der Waals surface area (Å²) in [4.78, 5) is 4.78. The fraction of sp³-hybridized carbons (Fsp3) is 0.222. The minimum Gasteiger partial charge on any atom is -0.340 e. The van der Waals surface area contributed by atoms with E-state index in [-0.39, 0.29) is 5.75 Å². The topological polar surface area (TPSA) is 59.1 Å². The van der Waals surface area contributed by atoms with Gasteiger partial charge < -0.3 is 5.32 Å². The Hall–Kier alpha value is -2.89. The van der Waals surface area contributed by atoms with Gasteiger partial charge in [0.15, 0.2) is 9.84 Å². The Labute approximate surface area is 199 Å². The van der Waals surface area contributed by atoms with Crippen LogP contribution in [0.15, 0.2) is 83.9 Å². The molecular weight excluding hydrogens is 452 g/mol. The molecule has 4 aromatic rings. The van der Waals surface area contributed by atoms with Crippen molar-refractivity contribution in [2.24, 2.45) is 5.92 Å². The predicted octanol–water partition coefficient (Wildman–Crippen LogP) is 6.60. The van der Waals surface area contributed by atoms with Gasteiger partial charge in [0.25, 0.3) is 0 Å². The smallest absolute Gasteiger partial charge is 0.178 e. The van der Waals surface area contributed by atoms with Gasteiger partial charge in [0, 0.05) is 22.3 Å². The Balaban J connectivity index is 1.26. The molecule has 0 radical (unpaired) electrons. The molecule has 0 saturated carbocycles. The molecule has 1 aliphatic carbocycles. The molecule has 0 amide bonds. The Bertz CT molecular complexity index is 1400. The van der Waals surface area contributed by atoms with Crippen LogP contribution in [-0.4, -0.2) is 19.2 Å². The molecule has 6 heteroatoms. The minimum absolute atomic E-state index is 0.177. The van der Waals surface area contributed by atoms with Crippen molar-refractivity contribution in [1.29, 1.82) is 0 Å². The van der Waals surface area contributed by atoms with Gasteiger partial charge in [0.05, 0.1) is 10.6 Å². The van der Waals surface area contributed by atoms with E-state index in [0.717, 1.165) is 35.7 Å². The average molecular weight is 477 g/mol. The number of anilines is 2. The molecule has 1 atom stereocenters. The first kappa shape index (κ1) is 21.9. The van der Waals surface area contributed by atoms with Gasteiger partial charge in [-0.15, -0.1) is 0 Å². The van der Waals surface area contributed by atoms with Crippen LogP contribution in [0.2, 0.25) is 5.02 Å². The van der Waals surface area contributed by atoms with Crippen LogP contribution in [-0.2, 0) is 22.7 Å². The summed E-state index contributed by atoms with van der Waals surface area (Å²) in [5.74, 6) is 1.28. The highest BCUT2D eigenvalue weighted by Crippen LogP contribution is 2.30. The van der Waals surface area contributed by atoms with Crippen molar-refractivity contribution in [1.82, 2.24) is 4.98 Å². The first-order valence-electron chi connectivity index (χ1n) is 11.2. The van der Waals surface area contributed by atoms with Crippen molar-refractivity contribution in [3.8, 4) is 0 Å². The van der Waals surface area contributed by atoms with Crippen LogP contribution in [0.1, 0.15) is 24.0 Å². The van der Waals surface area contributed by atoms with Gasteiger partial charge in [-0.1, -0.05) is 41.9 Å². The Morgan fingerprint density at radius 1 is 0.970 bits per heavy atom. The van der Waals surface area contributed by atoms with Gasteiger partial charge in [-0.2, -0.15) is 0 Å². The van der Waals surface area contributed by atoms with Crippen LogP contribution in [0.3, 0.4) is 0 Å². The molecule has 1 aromatic heterocycles. The monoisotopic (exact) mass is 476 g/mol. The first-order chi connectivity index (χ1) is 16.0. The molecule has 0 aliphatic heterocycles. The molecule has 4 nitrogen and oxygen atoms in total. The maximum atomic E-state index is 13.0. The van der Waals surface area contributed by atoms with Gasteiger partial charge in [-0.3, -0.25) is 0 Å². The zero-order valence-electron chi connectivity index (χ0n) is 18.2. The molecule has 0 spiro atoms. The summed E-state index contributed by atoms with van der Waals surface area (Å²) in [6.45, 7) is 0. The highest BCUT2D eigenvalue weighted by Gasteiger charge is 2.22. The van der Waals surface area contributed by atoms with E-state index < -0.39 is 9.84 Å². The zero-order valence-corrected chi connectivity index (χ0v) is 19.7. The van der Waals surface area contributed by atoms with E-state index in [0.29, 0.717) is 28.1 Å². The fourth-order valence-corrected chi connectivity index (χ4v) is 6.18. The summed E-state index contributed by atoms with van der Waals surface area (Å²) < 4.78 is 25.9. The lowest BCUT2D eigenvalue weighted by Gasteiger charge is -2.24. The predicted molar refractivity (Wildman–Crippen MR) is 135 cm³/mol. The molecule has 3 aromatic carbocycles. The molecule has 168 valence electrons. The van der Waals surface area contributed by atoms with Crippen LogP contribution >= 0.6 is 11.6 Å². The molecule has 0 fully saturated rings. The fourth-order valence-electron chi connectivity index (χ4n) is 4.58. The Kier molecular flexibility index (Phi) is 6.09.